The van der Waals surface area contributed by atoms with Gasteiger partial charge in [-0.2, -0.15) is 0 Å². The van der Waals surface area contributed by atoms with Gasteiger partial charge in [-0.25, -0.2) is 0 Å². The monoisotopic (exact) mass is 297 g/mol. The van der Waals surface area contributed by atoms with Crippen LogP contribution in [0.3, 0.4) is 0 Å². The second-order valence-corrected chi connectivity index (χ2v) is 5.47. The third kappa shape index (κ3) is 4.58. The molecule has 0 amide bonds. The Morgan fingerprint density at radius 2 is 1.90 bits per heavy atom. The first-order chi connectivity index (χ1) is 9.51. The van der Waals surface area contributed by atoms with Crippen LogP contribution in [-0.4, -0.2) is 43.0 Å². The lowest BCUT2D eigenvalue weighted by molar-refractivity contribution is 0.0668. The molecule has 0 aromatic heterocycles. The van der Waals surface area contributed by atoms with Gasteiger partial charge in [-0.3, -0.25) is 9.69 Å². The molecule has 1 aromatic carbocycles. The van der Waals surface area contributed by atoms with Crippen molar-refractivity contribution >= 4 is 17.4 Å². The number of carbonyl (C=O) groups is 1. The van der Waals surface area contributed by atoms with Crippen LogP contribution in [0.15, 0.2) is 24.3 Å². The van der Waals surface area contributed by atoms with E-state index < -0.39 is 0 Å². The van der Waals surface area contributed by atoms with E-state index in [1.807, 2.05) is 6.92 Å². The highest BCUT2D eigenvalue weighted by Gasteiger charge is 2.25. The summed E-state index contributed by atoms with van der Waals surface area (Å²) in [6.45, 7) is 7.61. The molecule has 0 fully saturated rings. The van der Waals surface area contributed by atoms with Gasteiger partial charge >= 0.3 is 0 Å². The Hall–Kier alpha value is -0.900. The zero-order chi connectivity index (χ0) is 15.1. The van der Waals surface area contributed by atoms with E-state index >= 15 is 0 Å². The number of ether oxygens (including phenoxy) is 1. The summed E-state index contributed by atoms with van der Waals surface area (Å²) in [5.74, 6) is 0.123. The SMILES string of the molecule is CCC(C)N(CCOC)C(C)C(=O)c1ccc(Cl)cc1. The van der Waals surface area contributed by atoms with Crippen LogP contribution >= 0.6 is 11.6 Å². The van der Waals surface area contributed by atoms with E-state index in [9.17, 15) is 4.79 Å². The lowest BCUT2D eigenvalue weighted by Gasteiger charge is -2.33. The second-order valence-electron chi connectivity index (χ2n) is 5.04. The first-order valence-corrected chi connectivity index (χ1v) is 7.43. The van der Waals surface area contributed by atoms with E-state index in [0.717, 1.165) is 13.0 Å². The molecule has 0 aliphatic heterocycles. The zero-order valence-corrected chi connectivity index (χ0v) is 13.5. The Morgan fingerprint density at radius 3 is 2.40 bits per heavy atom. The maximum atomic E-state index is 12.6. The summed E-state index contributed by atoms with van der Waals surface area (Å²) in [6.07, 6.45) is 1.00. The Balaban J connectivity index is 2.84. The van der Waals surface area contributed by atoms with E-state index in [0.29, 0.717) is 23.2 Å². The highest BCUT2D eigenvalue weighted by Crippen LogP contribution is 2.16. The first-order valence-electron chi connectivity index (χ1n) is 7.05. The molecular formula is C16H24ClNO2. The average molecular weight is 298 g/mol. The number of ketones is 1. The van der Waals surface area contributed by atoms with Crippen LogP contribution in [0.25, 0.3) is 0 Å². The molecule has 0 spiro atoms. The summed E-state index contributed by atoms with van der Waals surface area (Å²) >= 11 is 5.86. The Labute approximate surface area is 126 Å². The number of halogens is 1. The molecule has 2 atom stereocenters. The molecule has 0 saturated heterocycles. The van der Waals surface area contributed by atoms with E-state index in [1.54, 1.807) is 31.4 Å². The summed E-state index contributed by atoms with van der Waals surface area (Å²) in [5, 5.41) is 0.646. The fourth-order valence-corrected chi connectivity index (χ4v) is 2.36. The fourth-order valence-electron chi connectivity index (χ4n) is 2.23. The Morgan fingerprint density at radius 1 is 1.30 bits per heavy atom. The molecule has 0 bridgehead atoms. The zero-order valence-electron chi connectivity index (χ0n) is 12.7. The quantitative estimate of drug-likeness (QED) is 0.686. The number of Topliss-reactive ketones (excluding diaryl/α,β-unsaturated/α-hetero) is 1. The lowest BCUT2D eigenvalue weighted by atomic mass is 10.0. The number of methoxy groups -OCH3 is 1. The van der Waals surface area contributed by atoms with E-state index in [2.05, 4.69) is 18.7 Å². The third-order valence-electron chi connectivity index (χ3n) is 3.72. The van der Waals surface area contributed by atoms with E-state index in [1.165, 1.54) is 0 Å². The maximum Gasteiger partial charge on any atom is 0.179 e. The van der Waals surface area contributed by atoms with Crippen LogP contribution in [0.4, 0.5) is 0 Å². The largest absolute Gasteiger partial charge is 0.383 e. The highest BCUT2D eigenvalue weighted by atomic mass is 35.5. The van der Waals surface area contributed by atoms with Gasteiger partial charge in [-0.1, -0.05) is 18.5 Å². The molecule has 2 unspecified atom stereocenters. The molecule has 0 aliphatic rings. The van der Waals surface area contributed by atoms with Crippen LogP contribution in [0.2, 0.25) is 5.02 Å². The van der Waals surface area contributed by atoms with E-state index in [-0.39, 0.29) is 11.8 Å². The van der Waals surface area contributed by atoms with Crippen LogP contribution in [0, 0.1) is 0 Å². The molecule has 1 rings (SSSR count). The Kier molecular flexibility index (Phi) is 7.20. The average Bonchev–Trinajstić information content (AvgIpc) is 2.47. The fraction of sp³-hybridized carbons (Fsp3) is 0.562. The van der Waals surface area contributed by atoms with Gasteiger partial charge in [-0.15, -0.1) is 0 Å². The molecule has 0 saturated carbocycles. The van der Waals surface area contributed by atoms with Gasteiger partial charge in [0.05, 0.1) is 12.6 Å². The molecule has 20 heavy (non-hydrogen) atoms. The summed E-state index contributed by atoms with van der Waals surface area (Å²) < 4.78 is 5.15. The van der Waals surface area contributed by atoms with Gasteiger partial charge < -0.3 is 4.74 Å². The van der Waals surface area contributed by atoms with Gasteiger partial charge in [0.15, 0.2) is 5.78 Å². The number of rotatable bonds is 8. The van der Waals surface area contributed by atoms with Crippen molar-refractivity contribution in [3.63, 3.8) is 0 Å². The molecule has 1 aromatic rings. The van der Waals surface area contributed by atoms with Crippen LogP contribution in [0.1, 0.15) is 37.6 Å². The first kappa shape index (κ1) is 17.2. The summed E-state index contributed by atoms with van der Waals surface area (Å²) in [4.78, 5) is 14.8. The van der Waals surface area contributed by atoms with E-state index in [4.69, 9.17) is 16.3 Å². The maximum absolute atomic E-state index is 12.6. The molecular weight excluding hydrogens is 274 g/mol. The number of benzene rings is 1. The smallest absolute Gasteiger partial charge is 0.179 e. The standard InChI is InChI=1S/C16H24ClNO2/c1-5-12(2)18(10-11-20-4)13(3)16(19)14-6-8-15(17)9-7-14/h6-9,12-13H,5,10-11H2,1-4H3. The van der Waals surface area contributed by atoms with Gasteiger partial charge in [0.2, 0.25) is 0 Å². The topological polar surface area (TPSA) is 29.5 Å². The summed E-state index contributed by atoms with van der Waals surface area (Å²) in [5.41, 5.74) is 0.701. The van der Waals surface area contributed by atoms with Crippen molar-refractivity contribution in [2.75, 3.05) is 20.3 Å². The van der Waals surface area contributed by atoms with Crippen LogP contribution in [0.5, 0.6) is 0 Å². The number of hydrogen-bond acceptors (Lipinski definition) is 3. The van der Waals surface area contributed by atoms with Gasteiger partial charge in [0, 0.05) is 30.3 Å². The van der Waals surface area contributed by atoms with Crippen molar-refractivity contribution in [1.82, 2.24) is 4.90 Å². The van der Waals surface area contributed by atoms with Crippen molar-refractivity contribution in [3.8, 4) is 0 Å². The Bertz CT molecular complexity index is 419. The number of hydrogen-bond donors (Lipinski definition) is 0. The minimum atomic E-state index is -0.165. The van der Waals surface area contributed by atoms with Gasteiger partial charge in [-0.05, 0) is 44.5 Å². The molecule has 0 aliphatic carbocycles. The predicted octanol–water partition coefficient (Wildman–Crippen LogP) is 3.66. The molecule has 0 N–H and O–H groups in total. The molecule has 3 nitrogen and oxygen atoms in total. The third-order valence-corrected chi connectivity index (χ3v) is 3.97. The van der Waals surface area contributed by atoms with Crippen molar-refractivity contribution in [2.45, 2.75) is 39.3 Å². The molecule has 0 heterocycles. The lowest BCUT2D eigenvalue weighted by Crippen LogP contribution is -2.46. The summed E-state index contributed by atoms with van der Waals surface area (Å²) in [7, 11) is 1.68. The van der Waals surface area contributed by atoms with Crippen LogP contribution in [-0.2, 0) is 4.74 Å². The number of nitrogens with zero attached hydrogens (tertiary/aromatic N) is 1. The van der Waals surface area contributed by atoms with Gasteiger partial charge in [0.25, 0.3) is 0 Å². The van der Waals surface area contributed by atoms with Crippen molar-refractivity contribution in [3.05, 3.63) is 34.9 Å². The molecule has 4 heteroatoms. The minimum Gasteiger partial charge on any atom is -0.383 e. The summed E-state index contributed by atoms with van der Waals surface area (Å²) in [6, 6.07) is 7.25. The molecule has 112 valence electrons. The van der Waals surface area contributed by atoms with Crippen LogP contribution < -0.4 is 0 Å². The highest BCUT2D eigenvalue weighted by molar-refractivity contribution is 6.30. The predicted molar refractivity (Wildman–Crippen MR) is 83.6 cm³/mol. The minimum absolute atomic E-state index is 0.123. The number of carbonyl (C=O) groups excluding carboxylic acids is 1. The van der Waals surface area contributed by atoms with Gasteiger partial charge in [0.1, 0.15) is 0 Å². The second kappa shape index (κ2) is 8.40. The molecule has 0 radical (unpaired) electrons. The van der Waals surface area contributed by atoms with Crippen molar-refractivity contribution in [2.24, 2.45) is 0 Å². The van der Waals surface area contributed by atoms with Crippen molar-refractivity contribution in [1.29, 1.82) is 0 Å². The van der Waals surface area contributed by atoms with Crippen molar-refractivity contribution < 1.29 is 9.53 Å². The normalized spacial score (nSPS) is 14.3.